The molecule has 16 heavy (non-hydrogen) atoms. The van der Waals surface area contributed by atoms with Crippen molar-refractivity contribution in [1.82, 2.24) is 0 Å². The van der Waals surface area contributed by atoms with E-state index in [0.29, 0.717) is 0 Å². The summed E-state index contributed by atoms with van der Waals surface area (Å²) < 4.78 is 13.9. The van der Waals surface area contributed by atoms with E-state index < -0.39 is 17.5 Å². The Labute approximate surface area is 94.5 Å². The van der Waals surface area contributed by atoms with Crippen LogP contribution in [-0.4, -0.2) is 43.7 Å². The second-order valence-corrected chi connectivity index (χ2v) is 3.71. The van der Waals surface area contributed by atoms with Crippen molar-refractivity contribution in [3.63, 3.8) is 0 Å². The van der Waals surface area contributed by atoms with Crippen molar-refractivity contribution in [3.05, 3.63) is 0 Å². The van der Waals surface area contributed by atoms with E-state index in [2.05, 4.69) is 9.47 Å². The predicted molar refractivity (Wildman–Crippen MR) is 54.8 cm³/mol. The fraction of sp³-hybridized carbons (Fsp3) is 0.800. The van der Waals surface area contributed by atoms with Crippen LogP contribution in [0.4, 0.5) is 4.79 Å². The second-order valence-electron chi connectivity index (χ2n) is 3.71. The molecule has 0 aliphatic rings. The molecule has 0 amide bonds. The first-order valence-corrected chi connectivity index (χ1v) is 5.01. The molecular formula is C10H18O6. The van der Waals surface area contributed by atoms with E-state index in [-0.39, 0.29) is 26.4 Å². The van der Waals surface area contributed by atoms with E-state index in [4.69, 9.17) is 9.84 Å². The summed E-state index contributed by atoms with van der Waals surface area (Å²) in [6.07, 6.45) is -0.792. The predicted octanol–water partition coefficient (Wildman–Crippen LogP) is 0.721. The first-order valence-electron chi connectivity index (χ1n) is 5.01. The monoisotopic (exact) mass is 234 g/mol. The third kappa shape index (κ3) is 5.55. The lowest BCUT2D eigenvalue weighted by Gasteiger charge is -2.19. The van der Waals surface area contributed by atoms with E-state index in [1.54, 1.807) is 20.8 Å². The highest BCUT2D eigenvalue weighted by molar-refractivity contribution is 5.76. The van der Waals surface area contributed by atoms with Crippen molar-refractivity contribution in [2.45, 2.75) is 20.8 Å². The van der Waals surface area contributed by atoms with Gasteiger partial charge in [0.25, 0.3) is 0 Å². The molecule has 0 heterocycles. The fourth-order valence-corrected chi connectivity index (χ4v) is 0.679. The van der Waals surface area contributed by atoms with E-state index in [1.807, 2.05) is 0 Å². The number of carbonyl (C=O) groups is 2. The van der Waals surface area contributed by atoms with E-state index in [1.165, 1.54) is 0 Å². The molecule has 0 rings (SSSR count). The van der Waals surface area contributed by atoms with Gasteiger partial charge >= 0.3 is 12.1 Å². The van der Waals surface area contributed by atoms with Gasteiger partial charge in [-0.15, -0.1) is 0 Å². The minimum atomic E-state index is -0.941. The molecule has 0 saturated heterocycles. The molecule has 0 radical (unpaired) electrons. The Kier molecular flexibility index (Phi) is 6.48. The lowest BCUT2D eigenvalue weighted by molar-refractivity contribution is -0.157. The zero-order valence-corrected chi connectivity index (χ0v) is 9.82. The number of rotatable bonds is 6. The van der Waals surface area contributed by atoms with Crippen molar-refractivity contribution in [2.75, 3.05) is 26.4 Å². The summed E-state index contributed by atoms with van der Waals surface area (Å²) in [5.41, 5.74) is -0.941. The van der Waals surface area contributed by atoms with Crippen LogP contribution in [0.15, 0.2) is 0 Å². The molecular weight excluding hydrogens is 216 g/mol. The van der Waals surface area contributed by atoms with Gasteiger partial charge in [0.1, 0.15) is 13.2 Å². The van der Waals surface area contributed by atoms with Crippen molar-refractivity contribution >= 4 is 12.1 Å². The summed E-state index contributed by atoms with van der Waals surface area (Å²) in [4.78, 5) is 22.0. The molecule has 6 nitrogen and oxygen atoms in total. The average Bonchev–Trinajstić information content (AvgIpc) is 2.24. The molecule has 0 bridgehead atoms. The molecule has 0 atom stereocenters. The molecule has 0 aromatic heterocycles. The van der Waals surface area contributed by atoms with E-state index in [0.717, 1.165) is 0 Å². The Morgan fingerprint density at radius 1 is 1.12 bits per heavy atom. The maximum absolute atomic E-state index is 11.3. The van der Waals surface area contributed by atoms with Crippen molar-refractivity contribution in [3.8, 4) is 0 Å². The molecule has 0 aliphatic carbocycles. The molecule has 0 spiro atoms. The fourth-order valence-electron chi connectivity index (χ4n) is 0.679. The van der Waals surface area contributed by atoms with Gasteiger partial charge < -0.3 is 19.3 Å². The van der Waals surface area contributed by atoms with Crippen LogP contribution in [0, 0.1) is 5.41 Å². The highest BCUT2D eigenvalue weighted by atomic mass is 16.7. The van der Waals surface area contributed by atoms with Crippen LogP contribution in [0.1, 0.15) is 20.8 Å². The van der Waals surface area contributed by atoms with Crippen molar-refractivity contribution in [1.29, 1.82) is 0 Å². The van der Waals surface area contributed by atoms with E-state index in [9.17, 15) is 9.59 Å². The number of carbonyl (C=O) groups excluding carboxylic acids is 2. The largest absolute Gasteiger partial charge is 0.508 e. The van der Waals surface area contributed by atoms with Gasteiger partial charge in [0, 0.05) is 0 Å². The number of ether oxygens (including phenoxy) is 3. The molecule has 0 unspecified atom stereocenters. The molecule has 1 N–H and O–H groups in total. The van der Waals surface area contributed by atoms with Crippen LogP contribution >= 0.6 is 0 Å². The Bertz CT molecular complexity index is 235. The summed E-state index contributed by atoms with van der Waals surface area (Å²) in [5.74, 6) is -0.539. The highest BCUT2D eigenvalue weighted by Crippen LogP contribution is 2.15. The molecule has 0 saturated carbocycles. The van der Waals surface area contributed by atoms with Gasteiger partial charge in [-0.1, -0.05) is 0 Å². The standard InChI is InChI=1S/C10H18O6/c1-4-14-9(13)16-6-5-15-8(12)10(2,3)7-11/h11H,4-7H2,1-3H3. The minimum Gasteiger partial charge on any atom is -0.462 e. The third-order valence-corrected chi connectivity index (χ3v) is 1.75. The number of hydrogen-bond acceptors (Lipinski definition) is 6. The van der Waals surface area contributed by atoms with Crippen LogP contribution in [0.3, 0.4) is 0 Å². The van der Waals surface area contributed by atoms with Crippen LogP contribution in [0.5, 0.6) is 0 Å². The number of aliphatic hydroxyl groups is 1. The summed E-state index contributed by atoms with van der Waals surface area (Å²) in [6.45, 7) is 4.59. The smallest absolute Gasteiger partial charge is 0.462 e. The van der Waals surface area contributed by atoms with Crippen LogP contribution in [0.2, 0.25) is 0 Å². The van der Waals surface area contributed by atoms with Gasteiger partial charge in [0.05, 0.1) is 18.6 Å². The Morgan fingerprint density at radius 2 is 1.69 bits per heavy atom. The lowest BCUT2D eigenvalue weighted by Crippen LogP contribution is -2.31. The van der Waals surface area contributed by atoms with Crippen molar-refractivity contribution in [2.24, 2.45) is 5.41 Å². The van der Waals surface area contributed by atoms with Crippen LogP contribution < -0.4 is 0 Å². The summed E-state index contributed by atoms with van der Waals surface area (Å²) >= 11 is 0. The average molecular weight is 234 g/mol. The molecule has 0 aromatic rings. The van der Waals surface area contributed by atoms with Crippen molar-refractivity contribution < 1.29 is 28.9 Å². The topological polar surface area (TPSA) is 82.1 Å². The van der Waals surface area contributed by atoms with Gasteiger partial charge in [-0.05, 0) is 20.8 Å². The maximum Gasteiger partial charge on any atom is 0.508 e. The Balaban J connectivity index is 3.67. The zero-order valence-electron chi connectivity index (χ0n) is 9.82. The molecule has 6 heteroatoms. The van der Waals surface area contributed by atoms with Crippen LogP contribution in [0.25, 0.3) is 0 Å². The van der Waals surface area contributed by atoms with Gasteiger partial charge in [0.2, 0.25) is 0 Å². The van der Waals surface area contributed by atoms with Gasteiger partial charge in [-0.25, -0.2) is 4.79 Å². The van der Waals surface area contributed by atoms with E-state index >= 15 is 0 Å². The maximum atomic E-state index is 11.3. The quantitative estimate of drug-likeness (QED) is 0.538. The normalized spacial score (nSPS) is 10.8. The summed E-state index contributed by atoms with van der Waals surface area (Å²) in [6, 6.07) is 0. The van der Waals surface area contributed by atoms with Crippen LogP contribution in [-0.2, 0) is 19.0 Å². The number of aliphatic hydroxyl groups excluding tert-OH is 1. The summed E-state index contributed by atoms with van der Waals surface area (Å²) in [7, 11) is 0. The SMILES string of the molecule is CCOC(=O)OCCOC(=O)C(C)(C)CO. The zero-order chi connectivity index (χ0) is 12.6. The molecule has 0 aromatic carbocycles. The minimum absolute atomic E-state index is 0.0545. The van der Waals surface area contributed by atoms with Gasteiger partial charge in [-0.3, -0.25) is 4.79 Å². The Morgan fingerprint density at radius 3 is 2.19 bits per heavy atom. The lowest BCUT2D eigenvalue weighted by atomic mass is 9.95. The molecule has 0 fully saturated rings. The van der Waals surface area contributed by atoms with Gasteiger partial charge in [-0.2, -0.15) is 0 Å². The highest BCUT2D eigenvalue weighted by Gasteiger charge is 2.28. The first-order chi connectivity index (χ1) is 7.44. The third-order valence-electron chi connectivity index (χ3n) is 1.75. The number of esters is 1. The first kappa shape index (κ1) is 14.7. The number of hydrogen-bond donors (Lipinski definition) is 1. The second kappa shape index (κ2) is 7.05. The molecule has 0 aliphatic heterocycles. The molecule has 94 valence electrons. The van der Waals surface area contributed by atoms with Gasteiger partial charge in [0.15, 0.2) is 0 Å². The summed E-state index contributed by atoms with van der Waals surface area (Å²) in [5, 5.41) is 8.87. The Hall–Kier alpha value is -1.30.